The quantitative estimate of drug-likeness (QED) is 0.831. The average molecular weight is 264 g/mol. The van der Waals surface area contributed by atoms with Crippen molar-refractivity contribution in [2.45, 2.75) is 56.4 Å². The van der Waals surface area contributed by atoms with Crippen molar-refractivity contribution < 1.29 is 8.39 Å². The van der Waals surface area contributed by atoms with Gasteiger partial charge in [0.15, 0.2) is 11.1 Å². The van der Waals surface area contributed by atoms with E-state index in [2.05, 4.69) is 0 Å². The summed E-state index contributed by atoms with van der Waals surface area (Å²) < 4.78 is 17.8. The molecule has 0 heterocycles. The molecule has 2 aliphatic carbocycles. The summed E-state index contributed by atoms with van der Waals surface area (Å²) in [5.41, 5.74) is 1.86. The lowest BCUT2D eigenvalue weighted by Crippen LogP contribution is -2.23. The van der Waals surface area contributed by atoms with Crippen molar-refractivity contribution in [1.82, 2.24) is 0 Å². The van der Waals surface area contributed by atoms with Crippen LogP contribution in [0, 0.1) is 12.3 Å². The van der Waals surface area contributed by atoms with Crippen LogP contribution in [0.25, 0.3) is 0 Å². The Bertz CT molecular complexity index is 438. The van der Waals surface area contributed by atoms with E-state index in [1.165, 1.54) is 31.2 Å². The van der Waals surface area contributed by atoms with Crippen molar-refractivity contribution in [2.24, 2.45) is 5.41 Å². The Labute approximate surface area is 111 Å². The number of hydrogen-bond acceptors (Lipinski definition) is 2. The Morgan fingerprint density at radius 1 is 1.11 bits per heavy atom. The lowest BCUT2D eigenvalue weighted by atomic mass is 9.85. The van der Waals surface area contributed by atoms with Crippen LogP contribution in [0.3, 0.4) is 0 Å². The number of rotatable bonds is 3. The monoisotopic (exact) mass is 264 g/mol. The highest BCUT2D eigenvalue weighted by Crippen LogP contribution is 2.56. The van der Waals surface area contributed by atoms with Crippen LogP contribution in [0.4, 0.5) is 0 Å². The second-order valence-electron chi connectivity index (χ2n) is 5.84. The first kappa shape index (κ1) is 12.4. The molecule has 0 aromatic heterocycles. The lowest BCUT2D eigenvalue weighted by molar-refractivity contribution is 0.139. The topological polar surface area (TPSA) is 26.3 Å². The van der Waals surface area contributed by atoms with Gasteiger partial charge >= 0.3 is 0 Å². The third-order valence-electron chi connectivity index (χ3n) is 4.39. The van der Waals surface area contributed by atoms with Crippen LogP contribution in [-0.4, -0.2) is 10.3 Å². The van der Waals surface area contributed by atoms with Crippen molar-refractivity contribution in [1.29, 1.82) is 0 Å². The molecular formula is C15H20O2S. The van der Waals surface area contributed by atoms with Crippen molar-refractivity contribution >= 4 is 11.1 Å². The van der Waals surface area contributed by atoms with Crippen molar-refractivity contribution in [3.8, 4) is 0 Å². The van der Waals surface area contributed by atoms with E-state index < -0.39 is 11.1 Å². The SMILES string of the molecule is Cc1ccc(S(=O)OC2CCC3(CC2)CC3)cc1. The lowest BCUT2D eigenvalue weighted by Gasteiger charge is -2.27. The van der Waals surface area contributed by atoms with Gasteiger partial charge in [0.25, 0.3) is 0 Å². The van der Waals surface area contributed by atoms with Gasteiger partial charge in [-0.15, -0.1) is 0 Å². The Morgan fingerprint density at radius 2 is 1.72 bits per heavy atom. The molecule has 18 heavy (non-hydrogen) atoms. The first-order valence-electron chi connectivity index (χ1n) is 6.83. The third-order valence-corrected chi connectivity index (χ3v) is 5.49. The minimum Gasteiger partial charge on any atom is -0.283 e. The van der Waals surface area contributed by atoms with Crippen LogP contribution in [-0.2, 0) is 15.3 Å². The molecule has 2 fully saturated rings. The van der Waals surface area contributed by atoms with Gasteiger partial charge < -0.3 is 0 Å². The van der Waals surface area contributed by atoms with E-state index >= 15 is 0 Å². The fourth-order valence-corrected chi connectivity index (χ4v) is 3.71. The van der Waals surface area contributed by atoms with Gasteiger partial charge in [-0.2, -0.15) is 0 Å². The zero-order valence-electron chi connectivity index (χ0n) is 10.9. The molecule has 0 radical (unpaired) electrons. The van der Waals surface area contributed by atoms with Crippen LogP contribution in [0.1, 0.15) is 44.1 Å². The summed E-state index contributed by atoms with van der Waals surface area (Å²) in [6, 6.07) is 7.76. The number of aryl methyl sites for hydroxylation is 1. The van der Waals surface area contributed by atoms with E-state index in [0.717, 1.165) is 17.7 Å². The molecule has 2 saturated carbocycles. The summed E-state index contributed by atoms with van der Waals surface area (Å²) >= 11 is -1.29. The fraction of sp³-hybridized carbons (Fsp3) is 0.600. The van der Waals surface area contributed by atoms with Crippen LogP contribution in [0.5, 0.6) is 0 Å². The fourth-order valence-electron chi connectivity index (χ4n) is 2.81. The van der Waals surface area contributed by atoms with E-state index in [1.54, 1.807) is 0 Å². The Hall–Kier alpha value is -0.670. The molecular weight excluding hydrogens is 244 g/mol. The van der Waals surface area contributed by atoms with Crippen LogP contribution in [0.15, 0.2) is 29.2 Å². The maximum atomic E-state index is 12.1. The zero-order chi connectivity index (χ0) is 12.6. The maximum Gasteiger partial charge on any atom is 0.189 e. The predicted molar refractivity (Wildman–Crippen MR) is 72.6 cm³/mol. The molecule has 1 aromatic carbocycles. The molecule has 0 saturated heterocycles. The highest BCUT2D eigenvalue weighted by Gasteiger charge is 2.45. The number of benzene rings is 1. The van der Waals surface area contributed by atoms with Gasteiger partial charge in [0.2, 0.25) is 0 Å². The minimum atomic E-state index is -1.29. The van der Waals surface area contributed by atoms with Gasteiger partial charge in [-0.05, 0) is 63.0 Å². The normalized spacial score (nSPS) is 24.1. The van der Waals surface area contributed by atoms with Crippen LogP contribution >= 0.6 is 0 Å². The molecule has 2 nitrogen and oxygen atoms in total. The van der Waals surface area contributed by atoms with E-state index in [0.29, 0.717) is 5.41 Å². The van der Waals surface area contributed by atoms with Gasteiger partial charge in [-0.3, -0.25) is 4.18 Å². The highest BCUT2D eigenvalue weighted by molar-refractivity contribution is 7.80. The van der Waals surface area contributed by atoms with E-state index in [9.17, 15) is 4.21 Å². The Morgan fingerprint density at radius 3 is 2.28 bits per heavy atom. The molecule has 98 valence electrons. The second-order valence-corrected chi connectivity index (χ2v) is 6.98. The Kier molecular flexibility index (Phi) is 3.29. The average Bonchev–Trinajstić information content (AvgIpc) is 3.13. The number of hydrogen-bond donors (Lipinski definition) is 0. The highest BCUT2D eigenvalue weighted by atomic mass is 32.2. The third kappa shape index (κ3) is 2.67. The molecule has 1 aromatic rings. The summed E-state index contributed by atoms with van der Waals surface area (Å²) in [6.07, 6.45) is 7.70. The maximum absolute atomic E-state index is 12.1. The van der Waals surface area contributed by atoms with Crippen molar-refractivity contribution in [2.75, 3.05) is 0 Å². The molecule has 1 unspecified atom stereocenters. The van der Waals surface area contributed by atoms with Crippen LogP contribution in [0.2, 0.25) is 0 Å². The predicted octanol–water partition coefficient (Wildman–Crippen LogP) is 3.76. The summed E-state index contributed by atoms with van der Waals surface area (Å²) in [5, 5.41) is 0. The van der Waals surface area contributed by atoms with Gasteiger partial charge in [-0.25, -0.2) is 4.21 Å². The summed E-state index contributed by atoms with van der Waals surface area (Å²) in [4.78, 5) is 0.785. The first-order valence-corrected chi connectivity index (χ1v) is 7.90. The second kappa shape index (κ2) is 4.78. The largest absolute Gasteiger partial charge is 0.283 e. The first-order chi connectivity index (χ1) is 8.67. The minimum absolute atomic E-state index is 0.193. The van der Waals surface area contributed by atoms with E-state index in [-0.39, 0.29) is 6.10 Å². The molecule has 3 rings (SSSR count). The molecule has 1 spiro atoms. The molecule has 0 bridgehead atoms. The van der Waals surface area contributed by atoms with E-state index in [1.807, 2.05) is 31.2 Å². The Balaban J connectivity index is 1.56. The zero-order valence-corrected chi connectivity index (χ0v) is 11.7. The van der Waals surface area contributed by atoms with Crippen molar-refractivity contribution in [3.63, 3.8) is 0 Å². The molecule has 2 aliphatic rings. The van der Waals surface area contributed by atoms with Gasteiger partial charge in [-0.1, -0.05) is 17.7 Å². The molecule has 3 heteroatoms. The molecule has 0 aliphatic heterocycles. The van der Waals surface area contributed by atoms with Gasteiger partial charge in [0.1, 0.15) is 0 Å². The standard InChI is InChI=1S/C15H20O2S/c1-12-2-4-14(5-3-12)18(16)17-13-6-8-15(9-7-13)10-11-15/h2-5,13H,6-11H2,1H3. The van der Waals surface area contributed by atoms with Gasteiger partial charge in [0.05, 0.1) is 11.0 Å². The molecule has 0 amide bonds. The smallest absolute Gasteiger partial charge is 0.189 e. The summed E-state index contributed by atoms with van der Waals surface area (Å²) in [7, 11) is 0. The molecule has 1 atom stereocenters. The van der Waals surface area contributed by atoms with Gasteiger partial charge in [0, 0.05) is 0 Å². The van der Waals surface area contributed by atoms with Crippen LogP contribution < -0.4 is 0 Å². The summed E-state index contributed by atoms with van der Waals surface area (Å²) in [6.45, 7) is 2.03. The van der Waals surface area contributed by atoms with E-state index in [4.69, 9.17) is 4.18 Å². The summed E-state index contributed by atoms with van der Waals surface area (Å²) in [5.74, 6) is 0. The van der Waals surface area contributed by atoms with Crippen molar-refractivity contribution in [3.05, 3.63) is 29.8 Å². The molecule has 0 N–H and O–H groups in total.